The predicted molar refractivity (Wildman–Crippen MR) is 96.9 cm³/mol. The average Bonchev–Trinajstić information content (AvgIpc) is 2.59. The van der Waals surface area contributed by atoms with E-state index in [1.807, 2.05) is 0 Å². The Morgan fingerprint density at radius 2 is 2.07 bits per heavy atom. The van der Waals surface area contributed by atoms with E-state index in [9.17, 15) is 22.0 Å². The number of hydrogen-bond acceptors (Lipinski definition) is 7. The lowest BCUT2D eigenvalue weighted by atomic mass is 10.0. The molecule has 3 N–H and O–H groups in total. The second-order valence-electron chi connectivity index (χ2n) is 6.31. The molecule has 0 bridgehead atoms. The molecular weight excluding hydrogens is 394 g/mol. The van der Waals surface area contributed by atoms with Crippen LogP contribution in [-0.4, -0.2) is 47.4 Å². The number of nitrogens with two attached hydrogens (primary N) is 1. The fraction of sp³-hybridized carbons (Fsp3) is 0.250. The van der Waals surface area contributed by atoms with E-state index in [1.165, 1.54) is 25.2 Å². The van der Waals surface area contributed by atoms with Gasteiger partial charge in [-0.3, -0.25) is 4.79 Å². The number of aliphatic imine (C=N–C) groups is 1. The Labute approximate surface area is 159 Å². The van der Waals surface area contributed by atoms with Crippen molar-refractivity contribution in [1.29, 1.82) is 0 Å². The van der Waals surface area contributed by atoms with Gasteiger partial charge in [0.15, 0.2) is 11.5 Å². The van der Waals surface area contributed by atoms with Crippen LogP contribution < -0.4 is 11.1 Å². The SMILES string of the molecule is CN1C(N)=N[C@](C)(c2cccc(NC(=O)c3ncc(F)cc3F)n2)CS1(=O)=O. The molecule has 0 aromatic carbocycles. The van der Waals surface area contributed by atoms with Crippen molar-refractivity contribution in [3.8, 4) is 0 Å². The quantitative estimate of drug-likeness (QED) is 0.770. The van der Waals surface area contributed by atoms with Gasteiger partial charge in [0.1, 0.15) is 22.9 Å². The first-order valence-electron chi connectivity index (χ1n) is 7.94. The Kier molecular flexibility index (Phi) is 4.75. The third kappa shape index (κ3) is 3.63. The third-order valence-corrected chi connectivity index (χ3v) is 6.08. The van der Waals surface area contributed by atoms with Crippen molar-refractivity contribution in [3.05, 3.63) is 53.5 Å². The maximum Gasteiger partial charge on any atom is 0.278 e. The van der Waals surface area contributed by atoms with E-state index >= 15 is 0 Å². The smallest absolute Gasteiger partial charge is 0.278 e. The molecule has 3 heterocycles. The highest BCUT2D eigenvalue weighted by molar-refractivity contribution is 7.89. The van der Waals surface area contributed by atoms with Crippen LogP contribution in [0.5, 0.6) is 0 Å². The van der Waals surface area contributed by atoms with E-state index in [-0.39, 0.29) is 23.2 Å². The van der Waals surface area contributed by atoms with Crippen LogP contribution in [0.3, 0.4) is 0 Å². The normalized spacial score (nSPS) is 21.1. The number of carbonyl (C=O) groups is 1. The standard InChI is InChI=1S/C16H16F2N6O3S/c1-16(8-28(26,27)24(2)15(19)23-16)11-4-3-5-12(21-11)22-14(25)13-10(18)6-9(17)7-20-13/h3-7H,8H2,1-2H3,(H2,19,23)(H,21,22,25)/t16-/m0/s1. The van der Waals surface area contributed by atoms with E-state index in [2.05, 4.69) is 20.3 Å². The molecule has 0 spiro atoms. The van der Waals surface area contributed by atoms with Crippen molar-refractivity contribution >= 4 is 27.7 Å². The van der Waals surface area contributed by atoms with E-state index in [4.69, 9.17) is 5.73 Å². The van der Waals surface area contributed by atoms with Gasteiger partial charge in [-0.05, 0) is 19.1 Å². The van der Waals surface area contributed by atoms with Crippen molar-refractivity contribution in [1.82, 2.24) is 14.3 Å². The zero-order chi connectivity index (χ0) is 20.7. The molecule has 1 amide bonds. The second kappa shape index (κ2) is 6.78. The molecule has 148 valence electrons. The van der Waals surface area contributed by atoms with E-state index < -0.39 is 38.8 Å². The largest absolute Gasteiger partial charge is 0.369 e. The molecule has 0 saturated heterocycles. The first-order chi connectivity index (χ1) is 13.0. The molecule has 12 heteroatoms. The molecule has 9 nitrogen and oxygen atoms in total. The number of nitrogens with one attached hydrogen (secondary N) is 1. The number of anilines is 1. The van der Waals surface area contributed by atoms with Gasteiger partial charge in [0, 0.05) is 13.1 Å². The van der Waals surface area contributed by atoms with Gasteiger partial charge in [0.25, 0.3) is 5.91 Å². The van der Waals surface area contributed by atoms with Gasteiger partial charge in [-0.25, -0.2) is 36.5 Å². The van der Waals surface area contributed by atoms with Gasteiger partial charge in [-0.1, -0.05) is 6.07 Å². The van der Waals surface area contributed by atoms with Crippen molar-refractivity contribution in [2.45, 2.75) is 12.5 Å². The molecule has 1 aliphatic heterocycles. The number of carbonyl (C=O) groups excluding carboxylic acids is 1. The molecule has 0 saturated carbocycles. The summed E-state index contributed by atoms with van der Waals surface area (Å²) in [7, 11) is -2.41. The first-order valence-corrected chi connectivity index (χ1v) is 9.55. The van der Waals surface area contributed by atoms with Gasteiger partial charge in [0.2, 0.25) is 16.0 Å². The number of pyridine rings is 2. The summed E-state index contributed by atoms with van der Waals surface area (Å²) in [6.07, 6.45) is 0.712. The molecule has 0 aliphatic carbocycles. The van der Waals surface area contributed by atoms with Gasteiger partial charge < -0.3 is 11.1 Å². The second-order valence-corrected chi connectivity index (χ2v) is 8.31. The summed E-state index contributed by atoms with van der Waals surface area (Å²) in [6, 6.07) is 5.01. The fourth-order valence-electron chi connectivity index (χ4n) is 2.64. The van der Waals surface area contributed by atoms with Gasteiger partial charge in [0.05, 0.1) is 11.9 Å². The Morgan fingerprint density at radius 3 is 2.71 bits per heavy atom. The van der Waals surface area contributed by atoms with Crippen LogP contribution in [0.25, 0.3) is 0 Å². The highest BCUT2D eigenvalue weighted by atomic mass is 32.2. The summed E-state index contributed by atoms with van der Waals surface area (Å²) in [6.45, 7) is 1.54. The predicted octanol–water partition coefficient (Wildman–Crippen LogP) is 0.812. The third-order valence-electron chi connectivity index (χ3n) is 4.13. The molecule has 0 radical (unpaired) electrons. The molecule has 28 heavy (non-hydrogen) atoms. The van der Waals surface area contributed by atoms with Crippen LogP contribution in [-0.2, 0) is 15.6 Å². The lowest BCUT2D eigenvalue weighted by Gasteiger charge is -2.33. The summed E-state index contributed by atoms with van der Waals surface area (Å²) in [5.74, 6) is -3.54. The Balaban J connectivity index is 1.92. The zero-order valence-electron chi connectivity index (χ0n) is 14.8. The van der Waals surface area contributed by atoms with Crippen LogP contribution in [0.15, 0.2) is 35.5 Å². The Hall–Kier alpha value is -3.15. The maximum atomic E-state index is 13.7. The number of nitrogens with zero attached hydrogens (tertiary/aromatic N) is 4. The van der Waals surface area contributed by atoms with E-state index in [0.29, 0.717) is 12.3 Å². The topological polar surface area (TPSA) is 131 Å². The molecule has 2 aromatic rings. The first kappa shape index (κ1) is 19.6. The van der Waals surface area contributed by atoms with Crippen LogP contribution in [0.1, 0.15) is 23.1 Å². The molecule has 0 unspecified atom stereocenters. The summed E-state index contributed by atoms with van der Waals surface area (Å²) >= 11 is 0. The highest BCUT2D eigenvalue weighted by Gasteiger charge is 2.41. The van der Waals surface area contributed by atoms with Crippen LogP contribution >= 0.6 is 0 Å². The Bertz CT molecular complexity index is 1090. The van der Waals surface area contributed by atoms with Crippen LogP contribution in [0.4, 0.5) is 14.6 Å². The molecular formula is C16H16F2N6O3S. The minimum Gasteiger partial charge on any atom is -0.369 e. The molecule has 2 aromatic heterocycles. The summed E-state index contributed by atoms with van der Waals surface area (Å²) in [4.78, 5) is 24.0. The Morgan fingerprint density at radius 1 is 1.36 bits per heavy atom. The molecule has 1 atom stereocenters. The number of rotatable bonds is 3. The number of hydrogen-bond donors (Lipinski definition) is 2. The number of guanidine groups is 1. The van der Waals surface area contributed by atoms with Crippen LogP contribution in [0.2, 0.25) is 0 Å². The van der Waals surface area contributed by atoms with Crippen molar-refractivity contribution in [2.75, 3.05) is 18.1 Å². The van der Waals surface area contributed by atoms with E-state index in [0.717, 1.165) is 4.31 Å². The van der Waals surface area contributed by atoms with Gasteiger partial charge in [-0.15, -0.1) is 0 Å². The lowest BCUT2D eigenvalue weighted by molar-refractivity contribution is 0.101. The lowest BCUT2D eigenvalue weighted by Crippen LogP contribution is -2.50. The number of halogens is 2. The monoisotopic (exact) mass is 410 g/mol. The van der Waals surface area contributed by atoms with Gasteiger partial charge >= 0.3 is 0 Å². The molecule has 1 aliphatic rings. The maximum absolute atomic E-state index is 13.7. The van der Waals surface area contributed by atoms with Gasteiger partial charge in [-0.2, -0.15) is 0 Å². The number of aromatic nitrogens is 2. The van der Waals surface area contributed by atoms with Crippen molar-refractivity contribution in [2.24, 2.45) is 10.7 Å². The fourth-order valence-corrected chi connectivity index (χ4v) is 4.08. The van der Waals surface area contributed by atoms with Crippen molar-refractivity contribution < 1.29 is 22.0 Å². The highest BCUT2D eigenvalue weighted by Crippen LogP contribution is 2.31. The summed E-state index contributed by atoms with van der Waals surface area (Å²) < 4.78 is 52.1. The summed E-state index contributed by atoms with van der Waals surface area (Å²) in [5.41, 5.74) is 4.05. The number of sulfonamides is 1. The number of amides is 1. The molecule has 0 fully saturated rings. The minimum absolute atomic E-state index is 0.0133. The minimum atomic E-state index is -3.70. The average molecular weight is 410 g/mol. The zero-order valence-corrected chi connectivity index (χ0v) is 15.7. The van der Waals surface area contributed by atoms with Crippen LogP contribution in [0, 0.1) is 11.6 Å². The molecule has 3 rings (SSSR count). The summed E-state index contributed by atoms with van der Waals surface area (Å²) in [5, 5.41) is 2.34. The van der Waals surface area contributed by atoms with Crippen molar-refractivity contribution in [3.63, 3.8) is 0 Å². The van der Waals surface area contributed by atoms with E-state index in [1.54, 1.807) is 6.92 Å².